The lowest BCUT2D eigenvalue weighted by molar-refractivity contribution is 0.0723. The second kappa shape index (κ2) is 7.99. The van der Waals surface area contributed by atoms with Gasteiger partial charge in [-0.1, -0.05) is 0 Å². The van der Waals surface area contributed by atoms with E-state index >= 15 is 0 Å². The minimum atomic E-state index is -3.81. The summed E-state index contributed by atoms with van der Waals surface area (Å²) in [6, 6.07) is 7.50. The van der Waals surface area contributed by atoms with Crippen LogP contribution in [0.2, 0.25) is 0 Å². The molecule has 0 aliphatic carbocycles. The van der Waals surface area contributed by atoms with Crippen molar-refractivity contribution in [2.24, 2.45) is 0 Å². The minimum Gasteiger partial charge on any atom is -0.497 e. The molecule has 27 heavy (non-hydrogen) atoms. The molecule has 1 aromatic heterocycles. The third-order valence-electron chi connectivity index (χ3n) is 4.02. The first-order valence-corrected chi connectivity index (χ1v) is 9.61. The highest BCUT2D eigenvalue weighted by Crippen LogP contribution is 2.29. The van der Waals surface area contributed by atoms with Crippen LogP contribution in [0.3, 0.4) is 0 Å². The van der Waals surface area contributed by atoms with E-state index in [2.05, 4.69) is 5.32 Å². The van der Waals surface area contributed by atoms with Gasteiger partial charge in [0.15, 0.2) is 5.76 Å². The van der Waals surface area contributed by atoms with Gasteiger partial charge in [0, 0.05) is 19.2 Å². The van der Waals surface area contributed by atoms with E-state index in [-0.39, 0.29) is 23.9 Å². The summed E-state index contributed by atoms with van der Waals surface area (Å²) in [4.78, 5) is 12.5. The van der Waals surface area contributed by atoms with Crippen LogP contribution in [0.4, 0.5) is 5.69 Å². The van der Waals surface area contributed by atoms with Gasteiger partial charge in [-0.15, -0.1) is 0 Å². The fourth-order valence-electron chi connectivity index (χ4n) is 2.59. The molecule has 2 aromatic rings. The van der Waals surface area contributed by atoms with E-state index in [0.29, 0.717) is 30.4 Å². The van der Waals surface area contributed by atoms with Crippen LogP contribution in [-0.2, 0) is 14.8 Å². The average Bonchev–Trinajstić information content (AvgIpc) is 3.20. The van der Waals surface area contributed by atoms with E-state index in [9.17, 15) is 13.2 Å². The summed E-state index contributed by atoms with van der Waals surface area (Å²) < 4.78 is 47.2. The van der Waals surface area contributed by atoms with Gasteiger partial charge >= 0.3 is 0 Å². The number of nitrogens with zero attached hydrogens (tertiary/aromatic N) is 1. The van der Waals surface area contributed by atoms with E-state index in [1.165, 1.54) is 30.7 Å². The molecule has 0 bridgehead atoms. The van der Waals surface area contributed by atoms with Crippen LogP contribution < -0.4 is 14.8 Å². The second-order valence-corrected chi connectivity index (χ2v) is 7.52. The van der Waals surface area contributed by atoms with Crippen LogP contribution in [0.5, 0.6) is 11.5 Å². The van der Waals surface area contributed by atoms with E-state index in [0.717, 1.165) is 0 Å². The summed E-state index contributed by atoms with van der Waals surface area (Å²) in [5.74, 6) is 0.217. The molecule has 1 aliphatic rings. The van der Waals surface area contributed by atoms with E-state index in [1.807, 2.05) is 0 Å². The van der Waals surface area contributed by atoms with Crippen molar-refractivity contribution in [1.29, 1.82) is 0 Å². The molecule has 1 amide bonds. The highest BCUT2D eigenvalue weighted by molar-refractivity contribution is 7.89. The zero-order chi connectivity index (χ0) is 19.4. The number of nitrogens with one attached hydrogen (secondary N) is 1. The Hall–Kier alpha value is -2.56. The van der Waals surface area contributed by atoms with Gasteiger partial charge in [-0.05, 0) is 24.3 Å². The monoisotopic (exact) mass is 396 g/mol. The number of hydrogen-bond acceptors (Lipinski definition) is 7. The van der Waals surface area contributed by atoms with Gasteiger partial charge in [-0.2, -0.15) is 4.31 Å². The lowest BCUT2D eigenvalue weighted by Crippen LogP contribution is -2.40. The first kappa shape index (κ1) is 19.2. The van der Waals surface area contributed by atoms with Crippen LogP contribution in [0, 0.1) is 0 Å². The van der Waals surface area contributed by atoms with Crippen molar-refractivity contribution < 1.29 is 31.8 Å². The van der Waals surface area contributed by atoms with Gasteiger partial charge in [0.05, 0.1) is 33.1 Å². The summed E-state index contributed by atoms with van der Waals surface area (Å²) in [7, 11) is -0.837. The molecule has 0 unspecified atom stereocenters. The normalized spacial score (nSPS) is 15.3. The molecule has 1 fully saturated rings. The van der Waals surface area contributed by atoms with Crippen LogP contribution in [0.25, 0.3) is 0 Å². The zero-order valence-corrected chi connectivity index (χ0v) is 15.7. The Morgan fingerprint density at radius 1 is 1.11 bits per heavy atom. The van der Waals surface area contributed by atoms with Gasteiger partial charge in [-0.3, -0.25) is 4.79 Å². The van der Waals surface area contributed by atoms with Crippen molar-refractivity contribution in [1.82, 2.24) is 4.31 Å². The highest BCUT2D eigenvalue weighted by atomic mass is 32.2. The number of carbonyl (C=O) groups is 1. The maximum Gasteiger partial charge on any atom is 0.291 e. The Labute approximate surface area is 156 Å². The molecule has 0 radical (unpaired) electrons. The molecular weight excluding hydrogens is 376 g/mol. The number of ether oxygens (including phenoxy) is 3. The largest absolute Gasteiger partial charge is 0.497 e. The summed E-state index contributed by atoms with van der Waals surface area (Å²) >= 11 is 0. The Morgan fingerprint density at radius 3 is 2.52 bits per heavy atom. The molecule has 0 saturated carbocycles. The Morgan fingerprint density at radius 2 is 1.85 bits per heavy atom. The molecule has 3 rings (SSSR count). The van der Waals surface area contributed by atoms with Crippen molar-refractivity contribution in [3.05, 3.63) is 36.1 Å². The number of rotatable bonds is 6. The zero-order valence-electron chi connectivity index (χ0n) is 14.9. The predicted molar refractivity (Wildman–Crippen MR) is 95.8 cm³/mol. The molecular formula is C17H20N2O7S. The molecule has 2 heterocycles. The van der Waals surface area contributed by atoms with Crippen LogP contribution >= 0.6 is 0 Å². The first-order chi connectivity index (χ1) is 13.0. The van der Waals surface area contributed by atoms with Crippen molar-refractivity contribution in [2.75, 3.05) is 45.8 Å². The van der Waals surface area contributed by atoms with Gasteiger partial charge in [0.2, 0.25) is 5.09 Å². The van der Waals surface area contributed by atoms with E-state index in [4.69, 9.17) is 18.6 Å². The standard InChI is InChI=1S/C17H20N2O7S/c1-23-12-3-4-14(24-2)13(11-12)18-17(20)15-5-6-16(26-15)27(21,22)19-7-9-25-10-8-19/h3-6,11H,7-10H2,1-2H3,(H,18,20). The van der Waals surface area contributed by atoms with Gasteiger partial charge in [0.25, 0.3) is 15.9 Å². The van der Waals surface area contributed by atoms with Crippen LogP contribution in [0.15, 0.2) is 39.8 Å². The van der Waals surface area contributed by atoms with Crippen LogP contribution in [-0.4, -0.2) is 59.2 Å². The Kier molecular flexibility index (Phi) is 5.68. The smallest absolute Gasteiger partial charge is 0.291 e. The third kappa shape index (κ3) is 4.07. The molecule has 1 aromatic carbocycles. The highest BCUT2D eigenvalue weighted by Gasteiger charge is 2.30. The summed E-state index contributed by atoms with van der Waals surface area (Å²) in [5, 5.41) is 2.35. The Balaban J connectivity index is 1.79. The summed E-state index contributed by atoms with van der Waals surface area (Å²) in [6.07, 6.45) is 0. The molecule has 1 saturated heterocycles. The molecule has 0 atom stereocenters. The van der Waals surface area contributed by atoms with Crippen molar-refractivity contribution >= 4 is 21.6 Å². The fourth-order valence-corrected chi connectivity index (χ4v) is 3.91. The predicted octanol–water partition coefficient (Wildman–Crippen LogP) is 1.57. The van der Waals surface area contributed by atoms with Gasteiger partial charge < -0.3 is 23.9 Å². The van der Waals surface area contributed by atoms with Crippen molar-refractivity contribution in [2.45, 2.75) is 5.09 Å². The maximum atomic E-state index is 12.6. The van der Waals surface area contributed by atoms with Crippen LogP contribution in [0.1, 0.15) is 10.6 Å². The molecule has 1 N–H and O–H groups in total. The van der Waals surface area contributed by atoms with E-state index < -0.39 is 15.9 Å². The number of hydrogen-bond donors (Lipinski definition) is 1. The molecule has 1 aliphatic heterocycles. The molecule has 9 nitrogen and oxygen atoms in total. The number of anilines is 1. The van der Waals surface area contributed by atoms with Crippen molar-refractivity contribution in [3.8, 4) is 11.5 Å². The van der Waals surface area contributed by atoms with Gasteiger partial charge in [-0.25, -0.2) is 8.42 Å². The number of furan rings is 1. The molecule has 146 valence electrons. The number of carbonyl (C=O) groups excluding carboxylic acids is 1. The minimum absolute atomic E-state index is 0.133. The average molecular weight is 396 g/mol. The lowest BCUT2D eigenvalue weighted by atomic mass is 10.2. The SMILES string of the molecule is COc1ccc(OC)c(NC(=O)c2ccc(S(=O)(=O)N3CCOCC3)o2)c1. The fraction of sp³-hybridized carbons (Fsp3) is 0.353. The number of benzene rings is 1. The first-order valence-electron chi connectivity index (χ1n) is 8.17. The second-order valence-electron chi connectivity index (χ2n) is 5.66. The maximum absolute atomic E-state index is 12.6. The number of morpholine rings is 1. The third-order valence-corrected chi connectivity index (χ3v) is 5.80. The topological polar surface area (TPSA) is 107 Å². The summed E-state index contributed by atoms with van der Waals surface area (Å²) in [5.41, 5.74) is 0.371. The molecule has 10 heteroatoms. The lowest BCUT2D eigenvalue weighted by Gasteiger charge is -2.24. The number of amides is 1. The van der Waals surface area contributed by atoms with Gasteiger partial charge in [0.1, 0.15) is 11.5 Å². The number of sulfonamides is 1. The van der Waals surface area contributed by atoms with Crippen molar-refractivity contribution in [3.63, 3.8) is 0 Å². The summed E-state index contributed by atoms with van der Waals surface area (Å²) in [6.45, 7) is 1.13. The molecule has 0 spiro atoms. The number of methoxy groups -OCH3 is 2. The van der Waals surface area contributed by atoms with E-state index in [1.54, 1.807) is 18.2 Å². The Bertz CT molecular complexity index is 917. The quantitative estimate of drug-likeness (QED) is 0.790.